The summed E-state index contributed by atoms with van der Waals surface area (Å²) in [6, 6.07) is 3.23. The van der Waals surface area contributed by atoms with Gasteiger partial charge in [0.05, 0.1) is 23.2 Å². The molecule has 3 unspecified atom stereocenters. The fourth-order valence-electron chi connectivity index (χ4n) is 3.41. The van der Waals surface area contributed by atoms with Crippen LogP contribution in [-0.2, 0) is 11.0 Å². The molecule has 2 aromatic rings. The van der Waals surface area contributed by atoms with Crippen molar-refractivity contribution in [2.45, 2.75) is 36.8 Å². The fraction of sp³-hybridized carbons (Fsp3) is 0.316. The Morgan fingerprint density at radius 3 is 2.37 bits per heavy atom. The van der Waals surface area contributed by atoms with Crippen LogP contribution in [0.4, 0.5) is 32.0 Å². The lowest BCUT2D eigenvalue weighted by Crippen LogP contribution is -2.46. The zero-order valence-electron chi connectivity index (χ0n) is 15.1. The molecular weight excluding hydrogens is 414 g/mol. The molecule has 1 aliphatic heterocycles. The second-order valence-electron chi connectivity index (χ2n) is 6.72. The number of aromatic nitrogens is 1. The molecule has 0 spiro atoms. The molecule has 1 saturated heterocycles. The monoisotopic (exact) mass is 428 g/mol. The Hall–Kier alpha value is -3.13. The van der Waals surface area contributed by atoms with Crippen molar-refractivity contribution in [2.75, 3.05) is 5.32 Å². The third kappa shape index (κ3) is 4.54. The van der Waals surface area contributed by atoms with Gasteiger partial charge in [-0.2, -0.15) is 31.6 Å². The molecule has 30 heavy (non-hydrogen) atoms. The summed E-state index contributed by atoms with van der Waals surface area (Å²) < 4.78 is 80.4. The Morgan fingerprint density at radius 2 is 1.80 bits per heavy atom. The van der Waals surface area contributed by atoms with E-state index in [2.05, 4.69) is 15.6 Å². The summed E-state index contributed by atoms with van der Waals surface area (Å²) in [7, 11) is 0. The average Bonchev–Trinajstić information content (AvgIpc) is 3.14. The maximum absolute atomic E-state index is 13.6. The first-order chi connectivity index (χ1) is 14.0. The summed E-state index contributed by atoms with van der Waals surface area (Å²) in [6.45, 7) is 0. The van der Waals surface area contributed by atoms with Gasteiger partial charge in [0.1, 0.15) is 6.04 Å². The van der Waals surface area contributed by atoms with Gasteiger partial charge in [0.25, 0.3) is 0 Å². The Balaban J connectivity index is 1.91. The third-order valence-corrected chi connectivity index (χ3v) is 4.79. The van der Waals surface area contributed by atoms with Gasteiger partial charge in [-0.15, -0.1) is 0 Å². The van der Waals surface area contributed by atoms with Crippen molar-refractivity contribution in [2.24, 2.45) is 0 Å². The number of nitriles is 1. The maximum atomic E-state index is 13.6. The number of anilines is 1. The molecule has 0 radical (unpaired) electrons. The van der Waals surface area contributed by atoms with E-state index in [0.717, 1.165) is 12.1 Å². The van der Waals surface area contributed by atoms with Crippen LogP contribution in [0.5, 0.6) is 0 Å². The number of pyridine rings is 1. The second kappa shape index (κ2) is 7.95. The molecule has 1 amide bonds. The van der Waals surface area contributed by atoms with Crippen LogP contribution in [0.2, 0.25) is 0 Å². The third-order valence-electron chi connectivity index (χ3n) is 4.79. The SMILES string of the molecule is N#Cc1ccc(C2CC(C(=O)Nc3ccncc3)NC2C(F)(F)F)cc1C(F)(F)F. The first kappa shape index (κ1) is 21.6. The van der Waals surface area contributed by atoms with E-state index in [1.807, 2.05) is 0 Å². The van der Waals surface area contributed by atoms with Gasteiger partial charge in [0.15, 0.2) is 0 Å². The number of carbonyl (C=O) groups is 1. The first-order valence-electron chi connectivity index (χ1n) is 8.65. The lowest BCUT2D eigenvalue weighted by Gasteiger charge is -2.23. The fourth-order valence-corrected chi connectivity index (χ4v) is 3.41. The van der Waals surface area contributed by atoms with Crippen LogP contribution < -0.4 is 10.6 Å². The first-order valence-corrected chi connectivity index (χ1v) is 8.65. The molecule has 0 bridgehead atoms. The standard InChI is InChI=1S/C19H14F6N4O/c20-18(21,22)14-7-10(1-2-11(14)9-26)13-8-15(29-16(13)19(23,24)25)17(30)28-12-3-5-27-6-4-12/h1-7,13,15-16,29H,8H2,(H,27,28,30). The van der Waals surface area contributed by atoms with E-state index in [9.17, 15) is 31.1 Å². The van der Waals surface area contributed by atoms with Crippen molar-refractivity contribution >= 4 is 11.6 Å². The van der Waals surface area contributed by atoms with E-state index < -0.39 is 47.4 Å². The summed E-state index contributed by atoms with van der Waals surface area (Å²) in [5.41, 5.74) is -1.93. The van der Waals surface area contributed by atoms with Crippen LogP contribution in [0.3, 0.4) is 0 Å². The Morgan fingerprint density at radius 1 is 1.13 bits per heavy atom. The summed E-state index contributed by atoms with van der Waals surface area (Å²) in [5, 5.41) is 13.5. The number of hydrogen-bond donors (Lipinski definition) is 2. The highest BCUT2D eigenvalue weighted by Crippen LogP contribution is 2.42. The molecule has 0 aliphatic carbocycles. The van der Waals surface area contributed by atoms with Crippen molar-refractivity contribution in [3.8, 4) is 6.07 Å². The number of nitrogens with one attached hydrogen (secondary N) is 2. The van der Waals surface area contributed by atoms with Crippen LogP contribution in [0.15, 0.2) is 42.7 Å². The summed E-state index contributed by atoms with van der Waals surface area (Å²) in [6.07, 6.45) is -7.31. The van der Waals surface area contributed by atoms with Crippen LogP contribution in [0, 0.1) is 11.3 Å². The lowest BCUT2D eigenvalue weighted by atomic mass is 9.88. The van der Waals surface area contributed by atoms with E-state index >= 15 is 0 Å². The lowest BCUT2D eigenvalue weighted by molar-refractivity contribution is -0.156. The van der Waals surface area contributed by atoms with Crippen molar-refractivity contribution in [1.82, 2.24) is 10.3 Å². The zero-order chi connectivity index (χ0) is 22.1. The molecule has 1 aromatic carbocycles. The van der Waals surface area contributed by atoms with E-state index in [1.54, 1.807) is 0 Å². The van der Waals surface area contributed by atoms with Crippen molar-refractivity contribution in [1.29, 1.82) is 5.26 Å². The van der Waals surface area contributed by atoms with Gasteiger partial charge in [-0.25, -0.2) is 0 Å². The topological polar surface area (TPSA) is 77.8 Å². The van der Waals surface area contributed by atoms with Gasteiger partial charge in [0, 0.05) is 24.0 Å². The maximum Gasteiger partial charge on any atom is 0.417 e. The molecular formula is C19H14F6N4O. The van der Waals surface area contributed by atoms with Crippen LogP contribution >= 0.6 is 0 Å². The number of hydrogen-bond acceptors (Lipinski definition) is 4. The van der Waals surface area contributed by atoms with Crippen molar-refractivity contribution in [3.63, 3.8) is 0 Å². The molecule has 1 aliphatic rings. The minimum absolute atomic E-state index is 0.254. The molecule has 2 N–H and O–H groups in total. The van der Waals surface area contributed by atoms with E-state index in [-0.39, 0.29) is 12.0 Å². The number of carbonyl (C=O) groups excluding carboxylic acids is 1. The Bertz CT molecular complexity index is 968. The number of nitrogens with zero attached hydrogens (tertiary/aromatic N) is 2. The van der Waals surface area contributed by atoms with Gasteiger partial charge in [-0.1, -0.05) is 6.07 Å². The molecule has 1 fully saturated rings. The van der Waals surface area contributed by atoms with Gasteiger partial charge in [-0.3, -0.25) is 15.1 Å². The number of rotatable bonds is 3. The molecule has 11 heteroatoms. The zero-order valence-corrected chi connectivity index (χ0v) is 15.1. The molecule has 1 aromatic heterocycles. The van der Waals surface area contributed by atoms with Crippen LogP contribution in [0.1, 0.15) is 29.0 Å². The molecule has 2 heterocycles. The van der Waals surface area contributed by atoms with E-state index in [4.69, 9.17) is 5.26 Å². The van der Waals surface area contributed by atoms with Gasteiger partial charge in [0.2, 0.25) is 5.91 Å². The predicted molar refractivity (Wildman–Crippen MR) is 93.2 cm³/mol. The van der Waals surface area contributed by atoms with Crippen molar-refractivity contribution in [3.05, 3.63) is 59.4 Å². The number of alkyl halides is 6. The quantitative estimate of drug-likeness (QED) is 0.725. The summed E-state index contributed by atoms with van der Waals surface area (Å²) >= 11 is 0. The molecule has 5 nitrogen and oxygen atoms in total. The number of amides is 1. The normalized spacial score (nSPS) is 21.8. The molecule has 3 atom stereocenters. The average molecular weight is 428 g/mol. The smallest absolute Gasteiger partial charge is 0.325 e. The Labute approximate surface area is 166 Å². The van der Waals surface area contributed by atoms with E-state index in [1.165, 1.54) is 30.6 Å². The molecule has 3 rings (SSSR count). The van der Waals surface area contributed by atoms with Crippen LogP contribution in [0.25, 0.3) is 0 Å². The van der Waals surface area contributed by atoms with Gasteiger partial charge in [-0.05, 0) is 36.2 Å². The van der Waals surface area contributed by atoms with Gasteiger partial charge >= 0.3 is 12.4 Å². The summed E-state index contributed by atoms with van der Waals surface area (Å²) in [4.78, 5) is 16.2. The molecule has 0 saturated carbocycles. The Kier molecular flexibility index (Phi) is 5.72. The minimum atomic E-state index is -4.90. The highest BCUT2D eigenvalue weighted by Gasteiger charge is 2.52. The highest BCUT2D eigenvalue weighted by atomic mass is 19.4. The number of benzene rings is 1. The minimum Gasteiger partial charge on any atom is -0.325 e. The molecule has 158 valence electrons. The highest BCUT2D eigenvalue weighted by molar-refractivity contribution is 5.95. The van der Waals surface area contributed by atoms with E-state index in [0.29, 0.717) is 11.8 Å². The number of halogens is 6. The van der Waals surface area contributed by atoms with Gasteiger partial charge < -0.3 is 5.32 Å². The second-order valence-corrected chi connectivity index (χ2v) is 6.72. The van der Waals surface area contributed by atoms with Crippen molar-refractivity contribution < 1.29 is 31.1 Å². The van der Waals surface area contributed by atoms with Crippen LogP contribution in [-0.4, -0.2) is 29.2 Å². The summed E-state index contributed by atoms with van der Waals surface area (Å²) in [5.74, 6) is -2.19. The predicted octanol–water partition coefficient (Wildman–Crippen LogP) is 3.99. The largest absolute Gasteiger partial charge is 0.417 e.